The summed E-state index contributed by atoms with van der Waals surface area (Å²) in [4.78, 5) is 36.2. The molecule has 0 aliphatic carbocycles. The number of carboxylic acids is 2. The van der Waals surface area contributed by atoms with Crippen molar-refractivity contribution in [3.8, 4) is 5.88 Å². The quantitative estimate of drug-likeness (QED) is 0.543. The molecule has 4 rings (SSSR count). The Morgan fingerprint density at radius 1 is 1.08 bits per heavy atom. The summed E-state index contributed by atoms with van der Waals surface area (Å²) in [6.45, 7) is 2.46. The number of aryl methyl sites for hydroxylation is 1. The molecule has 210 valence electrons. The molecule has 1 spiro atoms. The predicted octanol–water partition coefficient (Wildman–Crippen LogP) is 2.39. The number of rotatable bonds is 4. The van der Waals surface area contributed by atoms with Gasteiger partial charge < -0.3 is 24.6 Å². The lowest BCUT2D eigenvalue weighted by atomic mass is 9.81. The highest BCUT2D eigenvalue weighted by molar-refractivity contribution is 5.93. The molecule has 2 aliphatic rings. The lowest BCUT2D eigenvalue weighted by Crippen LogP contribution is -2.66. The largest absolute Gasteiger partial charge is 0.490 e. The number of pyridine rings is 1. The predicted molar refractivity (Wildman–Crippen MR) is 113 cm³/mol. The summed E-state index contributed by atoms with van der Waals surface area (Å²) < 4.78 is 76.9. The fourth-order valence-electron chi connectivity index (χ4n) is 3.42. The minimum Gasteiger partial charge on any atom is -0.477 e. The zero-order chi connectivity index (χ0) is 28.7. The monoisotopic (exact) mass is 556 g/mol. The van der Waals surface area contributed by atoms with Gasteiger partial charge in [0.15, 0.2) is 0 Å². The van der Waals surface area contributed by atoms with Crippen LogP contribution >= 0.6 is 0 Å². The fraction of sp³-hybridized carbons (Fsp3) is 0.476. The average molecular weight is 556 g/mol. The number of amides is 1. The van der Waals surface area contributed by atoms with E-state index in [0.29, 0.717) is 37.9 Å². The third-order valence-electron chi connectivity index (χ3n) is 5.29. The van der Waals surface area contributed by atoms with Crippen LogP contribution in [-0.4, -0.2) is 92.0 Å². The van der Waals surface area contributed by atoms with Crippen molar-refractivity contribution in [1.82, 2.24) is 19.7 Å². The van der Waals surface area contributed by atoms with E-state index in [-0.39, 0.29) is 17.4 Å². The summed E-state index contributed by atoms with van der Waals surface area (Å²) in [5.41, 5.74) is 0.200. The van der Waals surface area contributed by atoms with E-state index in [9.17, 15) is 31.1 Å². The Labute approximate surface area is 210 Å². The zero-order valence-corrected chi connectivity index (χ0v) is 19.6. The minimum absolute atomic E-state index is 0.0406. The standard InChI is InChI=1S/C17H20N4O3.2C2HF3O2/c1-20-8-5-14(19-20)16(22)21-11-17(12-21)13(6-9-24-17)10-23-15-4-2-3-7-18-15;2*3-2(4,5)1(6)7/h2-5,7-8,13H,6,9-12H2,1H3;2*(H,6,7). The molecule has 1 atom stereocenters. The summed E-state index contributed by atoms with van der Waals surface area (Å²) in [5.74, 6) is -4.66. The second kappa shape index (κ2) is 12.1. The van der Waals surface area contributed by atoms with E-state index < -0.39 is 24.3 Å². The first kappa shape index (κ1) is 30.3. The Kier molecular flexibility index (Phi) is 9.66. The lowest BCUT2D eigenvalue weighted by molar-refractivity contribution is -0.193. The fourth-order valence-corrected chi connectivity index (χ4v) is 3.42. The van der Waals surface area contributed by atoms with Gasteiger partial charge in [-0.15, -0.1) is 0 Å². The van der Waals surface area contributed by atoms with Gasteiger partial charge in [-0.3, -0.25) is 9.48 Å². The molecule has 0 aromatic carbocycles. The van der Waals surface area contributed by atoms with Gasteiger partial charge in [-0.2, -0.15) is 31.4 Å². The molecule has 0 bridgehead atoms. The van der Waals surface area contributed by atoms with Crippen LogP contribution in [-0.2, 0) is 21.4 Å². The van der Waals surface area contributed by atoms with Crippen LogP contribution in [0.25, 0.3) is 0 Å². The number of carboxylic acid groups (broad SMARTS) is 2. The number of aliphatic carboxylic acids is 2. The van der Waals surface area contributed by atoms with Crippen molar-refractivity contribution in [2.45, 2.75) is 24.4 Å². The Hall–Kier alpha value is -3.89. The normalized spacial score (nSPS) is 17.9. The van der Waals surface area contributed by atoms with E-state index >= 15 is 0 Å². The third kappa shape index (κ3) is 8.32. The Morgan fingerprint density at radius 3 is 2.11 bits per heavy atom. The summed E-state index contributed by atoms with van der Waals surface area (Å²) in [6.07, 6.45) is -5.73. The number of carbonyl (C=O) groups is 3. The van der Waals surface area contributed by atoms with Crippen molar-refractivity contribution in [3.63, 3.8) is 0 Å². The number of alkyl halides is 6. The van der Waals surface area contributed by atoms with E-state index in [0.717, 1.165) is 6.42 Å². The first-order valence-corrected chi connectivity index (χ1v) is 10.6. The molecule has 2 saturated heterocycles. The van der Waals surface area contributed by atoms with Gasteiger partial charge in [-0.05, 0) is 18.6 Å². The molecule has 0 saturated carbocycles. The minimum atomic E-state index is -5.08. The second-order valence-corrected chi connectivity index (χ2v) is 8.02. The molecular weight excluding hydrogens is 534 g/mol. The van der Waals surface area contributed by atoms with Gasteiger partial charge in [-0.25, -0.2) is 14.6 Å². The van der Waals surface area contributed by atoms with E-state index in [4.69, 9.17) is 29.3 Å². The summed E-state index contributed by atoms with van der Waals surface area (Å²) in [6, 6.07) is 7.35. The number of likely N-dealkylation sites (tertiary alicyclic amines) is 1. The molecule has 38 heavy (non-hydrogen) atoms. The molecular formula is C21H22F6N4O7. The Balaban J connectivity index is 0.000000301. The van der Waals surface area contributed by atoms with Crippen LogP contribution in [0.2, 0.25) is 0 Å². The van der Waals surface area contributed by atoms with Crippen LogP contribution in [0.15, 0.2) is 36.7 Å². The molecule has 2 aliphatic heterocycles. The van der Waals surface area contributed by atoms with Crippen molar-refractivity contribution < 1.29 is 60.4 Å². The van der Waals surface area contributed by atoms with Crippen LogP contribution in [0.4, 0.5) is 26.3 Å². The van der Waals surface area contributed by atoms with Crippen molar-refractivity contribution >= 4 is 17.8 Å². The number of nitrogens with zero attached hydrogens (tertiary/aromatic N) is 4. The van der Waals surface area contributed by atoms with Crippen LogP contribution < -0.4 is 4.74 Å². The highest BCUT2D eigenvalue weighted by Gasteiger charge is 2.55. The molecule has 1 amide bonds. The van der Waals surface area contributed by atoms with Gasteiger partial charge in [0, 0.05) is 38.0 Å². The van der Waals surface area contributed by atoms with Gasteiger partial charge in [0.1, 0.15) is 11.3 Å². The highest BCUT2D eigenvalue weighted by Crippen LogP contribution is 2.40. The topological polar surface area (TPSA) is 144 Å². The van der Waals surface area contributed by atoms with Crippen LogP contribution in [0.1, 0.15) is 16.9 Å². The molecule has 17 heteroatoms. The number of ether oxygens (including phenoxy) is 2. The Morgan fingerprint density at radius 2 is 1.66 bits per heavy atom. The number of aromatic nitrogens is 3. The van der Waals surface area contributed by atoms with Crippen LogP contribution in [0.5, 0.6) is 5.88 Å². The van der Waals surface area contributed by atoms with Crippen LogP contribution in [0.3, 0.4) is 0 Å². The van der Waals surface area contributed by atoms with E-state index in [1.165, 1.54) is 0 Å². The molecule has 2 aromatic heterocycles. The van der Waals surface area contributed by atoms with Crippen molar-refractivity contribution in [1.29, 1.82) is 0 Å². The molecule has 11 nitrogen and oxygen atoms in total. The molecule has 0 radical (unpaired) electrons. The number of hydrogen-bond acceptors (Lipinski definition) is 7. The van der Waals surface area contributed by atoms with Gasteiger partial charge in [0.25, 0.3) is 5.91 Å². The van der Waals surface area contributed by atoms with Crippen molar-refractivity contribution in [2.75, 3.05) is 26.3 Å². The second-order valence-electron chi connectivity index (χ2n) is 8.02. The SMILES string of the molecule is Cn1ccc(C(=O)N2CC3(C2)OCCC3COc2ccccn2)n1.O=C(O)C(F)(F)F.O=C(O)C(F)(F)F. The molecule has 1 unspecified atom stereocenters. The number of halogens is 6. The number of carbonyl (C=O) groups excluding carboxylic acids is 1. The summed E-state index contributed by atoms with van der Waals surface area (Å²) >= 11 is 0. The third-order valence-corrected chi connectivity index (χ3v) is 5.29. The highest BCUT2D eigenvalue weighted by atomic mass is 19.4. The van der Waals surface area contributed by atoms with E-state index in [1.54, 1.807) is 35.1 Å². The maximum absolute atomic E-state index is 12.4. The Bertz CT molecular complexity index is 1080. The van der Waals surface area contributed by atoms with Crippen molar-refractivity contribution in [2.24, 2.45) is 13.0 Å². The smallest absolute Gasteiger partial charge is 0.477 e. The first-order chi connectivity index (χ1) is 17.5. The molecule has 4 heterocycles. The summed E-state index contributed by atoms with van der Waals surface area (Å²) in [5, 5.41) is 18.4. The lowest BCUT2D eigenvalue weighted by Gasteiger charge is -2.49. The average Bonchev–Trinajstić information content (AvgIpc) is 3.43. The molecule has 2 fully saturated rings. The maximum atomic E-state index is 12.4. The summed E-state index contributed by atoms with van der Waals surface area (Å²) in [7, 11) is 1.81. The molecule has 2 N–H and O–H groups in total. The zero-order valence-electron chi connectivity index (χ0n) is 19.6. The van der Waals surface area contributed by atoms with Gasteiger partial charge in [-0.1, -0.05) is 6.07 Å². The van der Waals surface area contributed by atoms with E-state index in [1.807, 2.05) is 18.2 Å². The first-order valence-electron chi connectivity index (χ1n) is 10.6. The maximum Gasteiger partial charge on any atom is 0.490 e. The van der Waals surface area contributed by atoms with E-state index in [2.05, 4.69) is 10.1 Å². The molecule has 2 aromatic rings. The van der Waals surface area contributed by atoms with Crippen LogP contribution in [0, 0.1) is 5.92 Å². The van der Waals surface area contributed by atoms with Gasteiger partial charge >= 0.3 is 24.3 Å². The van der Waals surface area contributed by atoms with Gasteiger partial charge in [0.2, 0.25) is 5.88 Å². The van der Waals surface area contributed by atoms with Crippen molar-refractivity contribution in [3.05, 3.63) is 42.4 Å². The van der Waals surface area contributed by atoms with Gasteiger partial charge in [0.05, 0.1) is 19.7 Å². The number of hydrogen-bond donors (Lipinski definition) is 2.